The van der Waals surface area contributed by atoms with Gasteiger partial charge in [0.15, 0.2) is 0 Å². The van der Waals surface area contributed by atoms with E-state index in [1.165, 1.54) is 5.56 Å². The number of fused-ring (bicyclic) bond motifs is 2. The summed E-state index contributed by atoms with van der Waals surface area (Å²) in [5.41, 5.74) is 1.87. The van der Waals surface area contributed by atoms with Crippen molar-refractivity contribution in [3.05, 3.63) is 35.4 Å². The first kappa shape index (κ1) is 19.3. The van der Waals surface area contributed by atoms with Crippen LogP contribution in [0.15, 0.2) is 24.3 Å². The fraction of sp³-hybridized carbons (Fsp3) is 0.632. The highest BCUT2D eigenvalue weighted by Gasteiger charge is 2.45. The van der Waals surface area contributed by atoms with E-state index in [2.05, 4.69) is 12.1 Å². The molecule has 1 saturated heterocycles. The molecule has 0 aliphatic carbocycles. The lowest BCUT2D eigenvalue weighted by Gasteiger charge is -2.47. The molecule has 26 heavy (non-hydrogen) atoms. The van der Waals surface area contributed by atoms with Gasteiger partial charge in [0.1, 0.15) is 0 Å². The van der Waals surface area contributed by atoms with Crippen LogP contribution in [-0.2, 0) is 31.6 Å². The average Bonchev–Trinajstić information content (AvgIpc) is 2.62. The predicted molar refractivity (Wildman–Crippen MR) is 100 cm³/mol. The lowest BCUT2D eigenvalue weighted by atomic mass is 9.78. The van der Waals surface area contributed by atoms with Gasteiger partial charge < -0.3 is 9.64 Å². The molecule has 144 valence electrons. The molecule has 2 aliphatic rings. The van der Waals surface area contributed by atoms with Gasteiger partial charge in [-0.05, 0) is 37.3 Å². The minimum atomic E-state index is -3.18. The summed E-state index contributed by atoms with van der Waals surface area (Å²) in [6.45, 7) is 2.59. The van der Waals surface area contributed by atoms with Crippen LogP contribution in [-0.4, -0.2) is 62.6 Å². The third kappa shape index (κ3) is 3.66. The fourth-order valence-electron chi connectivity index (χ4n) is 4.00. The standard InChI is InChI=1S/C19H28N2O4S/c1-4-26(23,24)21-11-9-19(10-12-21)17-8-6-5-7-15(17)13-16(25-19)14-18(22)20(2)3/h5-8,16H,4,9-14H2,1-3H3. The van der Waals surface area contributed by atoms with Crippen molar-refractivity contribution in [2.75, 3.05) is 32.9 Å². The summed E-state index contributed by atoms with van der Waals surface area (Å²) < 4.78 is 32.4. The molecule has 1 atom stereocenters. The maximum Gasteiger partial charge on any atom is 0.224 e. The lowest BCUT2D eigenvalue weighted by molar-refractivity contribution is -0.150. The number of hydrogen-bond acceptors (Lipinski definition) is 4. The molecule has 1 amide bonds. The van der Waals surface area contributed by atoms with Gasteiger partial charge in [-0.2, -0.15) is 0 Å². The van der Waals surface area contributed by atoms with Crippen molar-refractivity contribution < 1.29 is 17.9 Å². The Labute approximate surface area is 156 Å². The number of piperidine rings is 1. The second-order valence-corrected chi connectivity index (χ2v) is 9.64. The number of nitrogens with zero attached hydrogens (tertiary/aromatic N) is 2. The Morgan fingerprint density at radius 3 is 2.54 bits per heavy atom. The Morgan fingerprint density at radius 2 is 1.92 bits per heavy atom. The van der Waals surface area contributed by atoms with Crippen LogP contribution in [0.5, 0.6) is 0 Å². The SMILES string of the molecule is CCS(=O)(=O)N1CCC2(CC1)OC(CC(=O)N(C)C)Cc1ccccc12. The molecule has 2 aliphatic heterocycles. The van der Waals surface area contributed by atoms with Gasteiger partial charge in [0.25, 0.3) is 0 Å². The van der Waals surface area contributed by atoms with E-state index in [-0.39, 0.29) is 17.8 Å². The minimum Gasteiger partial charge on any atom is -0.366 e. The summed E-state index contributed by atoms with van der Waals surface area (Å²) in [6.07, 6.45) is 2.13. The Bertz CT molecular complexity index is 767. The van der Waals surface area contributed by atoms with Crippen molar-refractivity contribution in [2.45, 2.75) is 44.3 Å². The highest BCUT2D eigenvalue weighted by molar-refractivity contribution is 7.89. The first-order valence-electron chi connectivity index (χ1n) is 9.21. The topological polar surface area (TPSA) is 66.9 Å². The second kappa shape index (κ2) is 7.29. The molecule has 1 fully saturated rings. The van der Waals surface area contributed by atoms with Gasteiger partial charge in [-0.15, -0.1) is 0 Å². The van der Waals surface area contributed by atoms with Crippen LogP contribution < -0.4 is 0 Å². The molecule has 0 radical (unpaired) electrons. The van der Waals surface area contributed by atoms with Crippen LogP contribution in [0.25, 0.3) is 0 Å². The van der Waals surface area contributed by atoms with Gasteiger partial charge in [0.2, 0.25) is 15.9 Å². The highest BCUT2D eigenvalue weighted by Crippen LogP contribution is 2.44. The van der Waals surface area contributed by atoms with Gasteiger partial charge >= 0.3 is 0 Å². The first-order chi connectivity index (χ1) is 12.3. The van der Waals surface area contributed by atoms with Crippen LogP contribution in [0.2, 0.25) is 0 Å². The van der Waals surface area contributed by atoms with Crippen LogP contribution in [0.3, 0.4) is 0 Å². The number of sulfonamides is 1. The molecule has 3 rings (SSSR count). The van der Waals surface area contributed by atoms with Crippen LogP contribution in [0.4, 0.5) is 0 Å². The first-order valence-corrected chi connectivity index (χ1v) is 10.8. The van der Waals surface area contributed by atoms with Crippen molar-refractivity contribution in [1.82, 2.24) is 9.21 Å². The Balaban J connectivity index is 1.85. The fourth-order valence-corrected chi connectivity index (χ4v) is 5.10. The maximum atomic E-state index is 12.2. The molecule has 1 spiro atoms. The van der Waals surface area contributed by atoms with Gasteiger partial charge in [0, 0.05) is 27.2 Å². The molecule has 0 bridgehead atoms. The summed E-state index contributed by atoms with van der Waals surface area (Å²) in [7, 11) is 0.325. The summed E-state index contributed by atoms with van der Waals surface area (Å²) in [4.78, 5) is 13.8. The van der Waals surface area contributed by atoms with E-state index < -0.39 is 15.6 Å². The van der Waals surface area contributed by atoms with Crippen LogP contribution in [0.1, 0.15) is 37.3 Å². The van der Waals surface area contributed by atoms with Gasteiger partial charge in [-0.25, -0.2) is 12.7 Å². The molecule has 7 heteroatoms. The normalized spacial score (nSPS) is 22.8. The molecular weight excluding hydrogens is 352 g/mol. The van der Waals surface area contributed by atoms with Crippen molar-refractivity contribution in [2.24, 2.45) is 0 Å². The van der Waals surface area contributed by atoms with E-state index in [1.807, 2.05) is 12.1 Å². The van der Waals surface area contributed by atoms with E-state index in [4.69, 9.17) is 4.74 Å². The van der Waals surface area contributed by atoms with E-state index in [1.54, 1.807) is 30.2 Å². The lowest BCUT2D eigenvalue weighted by Crippen LogP contribution is -2.51. The zero-order valence-corrected chi connectivity index (χ0v) is 16.6. The number of hydrogen-bond donors (Lipinski definition) is 0. The second-order valence-electron chi connectivity index (χ2n) is 7.39. The molecule has 1 aromatic carbocycles. The van der Waals surface area contributed by atoms with E-state index in [9.17, 15) is 13.2 Å². The van der Waals surface area contributed by atoms with E-state index in [0.717, 1.165) is 5.56 Å². The smallest absolute Gasteiger partial charge is 0.224 e. The molecule has 6 nitrogen and oxygen atoms in total. The number of amides is 1. The van der Waals surface area contributed by atoms with Crippen LogP contribution in [0, 0.1) is 0 Å². The average molecular weight is 381 g/mol. The largest absolute Gasteiger partial charge is 0.366 e. The third-order valence-corrected chi connectivity index (χ3v) is 7.42. The van der Waals surface area contributed by atoms with Crippen molar-refractivity contribution in [1.29, 1.82) is 0 Å². The van der Waals surface area contributed by atoms with Crippen molar-refractivity contribution in [3.63, 3.8) is 0 Å². The molecular formula is C19H28N2O4S. The summed E-state index contributed by atoms with van der Waals surface area (Å²) >= 11 is 0. The summed E-state index contributed by atoms with van der Waals surface area (Å²) in [5, 5.41) is 0. The van der Waals surface area contributed by atoms with Gasteiger partial charge in [-0.1, -0.05) is 24.3 Å². The zero-order chi connectivity index (χ0) is 18.9. The number of rotatable bonds is 4. The molecule has 0 saturated carbocycles. The van der Waals surface area contributed by atoms with Gasteiger partial charge in [0.05, 0.1) is 23.9 Å². The minimum absolute atomic E-state index is 0.0514. The molecule has 1 unspecified atom stereocenters. The molecule has 1 aromatic rings. The Hall–Kier alpha value is -1.44. The summed E-state index contributed by atoms with van der Waals surface area (Å²) in [6, 6.07) is 8.20. The highest BCUT2D eigenvalue weighted by atomic mass is 32.2. The van der Waals surface area contributed by atoms with Gasteiger partial charge in [-0.3, -0.25) is 4.79 Å². The van der Waals surface area contributed by atoms with Crippen molar-refractivity contribution in [3.8, 4) is 0 Å². The summed E-state index contributed by atoms with van der Waals surface area (Å²) in [5.74, 6) is 0.174. The number of carbonyl (C=O) groups is 1. The van der Waals surface area contributed by atoms with Crippen molar-refractivity contribution >= 4 is 15.9 Å². The van der Waals surface area contributed by atoms with E-state index in [0.29, 0.717) is 38.8 Å². The maximum absolute atomic E-state index is 12.2. The third-order valence-electron chi connectivity index (χ3n) is 5.54. The number of ether oxygens (including phenoxy) is 1. The molecule has 0 N–H and O–H groups in total. The number of carbonyl (C=O) groups excluding carboxylic acids is 1. The van der Waals surface area contributed by atoms with Crippen LogP contribution >= 0.6 is 0 Å². The number of benzene rings is 1. The Morgan fingerprint density at radius 1 is 1.27 bits per heavy atom. The zero-order valence-electron chi connectivity index (χ0n) is 15.8. The predicted octanol–water partition coefficient (Wildman–Crippen LogP) is 1.75. The molecule has 2 heterocycles. The monoisotopic (exact) mass is 380 g/mol. The Kier molecular flexibility index (Phi) is 5.42. The van der Waals surface area contributed by atoms with E-state index >= 15 is 0 Å². The molecule has 0 aromatic heterocycles. The quantitative estimate of drug-likeness (QED) is 0.798.